The normalized spacial score (nSPS) is 10.4. The highest BCUT2D eigenvalue weighted by Crippen LogP contribution is 2.21. The Bertz CT molecular complexity index is 465. The summed E-state index contributed by atoms with van der Waals surface area (Å²) >= 11 is 0. The maximum absolute atomic E-state index is 8.56. The average Bonchev–Trinajstić information content (AvgIpc) is 2.49. The third kappa shape index (κ3) is 4.39. The van der Waals surface area contributed by atoms with Gasteiger partial charge in [0.25, 0.3) is 0 Å². The largest absolute Gasteiger partial charge is 0.491 e. The smallest absolute Gasteiger partial charge is 0.119 e. The third-order valence-electron chi connectivity index (χ3n) is 2.69. The molecule has 100 valence electrons. The first-order valence-electron chi connectivity index (χ1n) is 6.37. The SMILES string of the molecule is OCCOCCOc1ccc(-c2ccccc2)cc1. The number of hydrogen-bond donors (Lipinski definition) is 1. The fourth-order valence-electron chi connectivity index (χ4n) is 1.76. The molecule has 0 spiro atoms. The maximum Gasteiger partial charge on any atom is 0.119 e. The molecule has 2 aromatic rings. The molecule has 0 fully saturated rings. The van der Waals surface area contributed by atoms with Gasteiger partial charge in [-0.05, 0) is 23.3 Å². The summed E-state index contributed by atoms with van der Waals surface area (Å²) < 4.78 is 10.7. The van der Waals surface area contributed by atoms with Gasteiger partial charge in [-0.25, -0.2) is 0 Å². The van der Waals surface area contributed by atoms with Gasteiger partial charge in [0.15, 0.2) is 0 Å². The molecule has 0 radical (unpaired) electrons. The van der Waals surface area contributed by atoms with Crippen LogP contribution in [0.15, 0.2) is 54.6 Å². The van der Waals surface area contributed by atoms with E-state index in [1.54, 1.807) is 0 Å². The van der Waals surface area contributed by atoms with Gasteiger partial charge in [-0.3, -0.25) is 0 Å². The summed E-state index contributed by atoms with van der Waals surface area (Å²) in [5.74, 6) is 0.826. The number of benzene rings is 2. The molecule has 3 nitrogen and oxygen atoms in total. The van der Waals surface area contributed by atoms with Crippen LogP contribution in [-0.4, -0.2) is 31.5 Å². The van der Waals surface area contributed by atoms with Crippen molar-refractivity contribution in [1.82, 2.24) is 0 Å². The Balaban J connectivity index is 1.85. The highest BCUT2D eigenvalue weighted by molar-refractivity contribution is 5.63. The van der Waals surface area contributed by atoms with E-state index in [9.17, 15) is 0 Å². The molecule has 3 heteroatoms. The Morgan fingerprint density at radius 3 is 2.11 bits per heavy atom. The second-order valence-electron chi connectivity index (χ2n) is 4.07. The highest BCUT2D eigenvalue weighted by Gasteiger charge is 1.98. The topological polar surface area (TPSA) is 38.7 Å². The van der Waals surface area contributed by atoms with Crippen LogP contribution >= 0.6 is 0 Å². The molecular weight excluding hydrogens is 240 g/mol. The molecule has 0 saturated heterocycles. The minimum Gasteiger partial charge on any atom is -0.491 e. The number of hydrogen-bond acceptors (Lipinski definition) is 3. The van der Waals surface area contributed by atoms with Crippen molar-refractivity contribution >= 4 is 0 Å². The van der Waals surface area contributed by atoms with E-state index in [0.717, 1.165) is 5.75 Å². The Hall–Kier alpha value is -1.84. The lowest BCUT2D eigenvalue weighted by Gasteiger charge is -2.07. The van der Waals surface area contributed by atoms with Gasteiger partial charge in [0.1, 0.15) is 12.4 Å². The summed E-state index contributed by atoms with van der Waals surface area (Å²) in [7, 11) is 0. The van der Waals surface area contributed by atoms with Crippen molar-refractivity contribution in [1.29, 1.82) is 0 Å². The van der Waals surface area contributed by atoms with Crippen LogP contribution in [0.3, 0.4) is 0 Å². The van der Waals surface area contributed by atoms with Crippen molar-refractivity contribution in [3.05, 3.63) is 54.6 Å². The Morgan fingerprint density at radius 2 is 1.42 bits per heavy atom. The zero-order valence-electron chi connectivity index (χ0n) is 10.8. The minimum atomic E-state index is 0.0474. The number of aliphatic hydroxyl groups is 1. The fourth-order valence-corrected chi connectivity index (χ4v) is 1.76. The molecule has 0 aliphatic rings. The minimum absolute atomic E-state index is 0.0474. The van der Waals surface area contributed by atoms with Crippen molar-refractivity contribution < 1.29 is 14.6 Å². The summed E-state index contributed by atoms with van der Waals surface area (Å²) in [6, 6.07) is 18.2. The van der Waals surface area contributed by atoms with E-state index in [0.29, 0.717) is 19.8 Å². The van der Waals surface area contributed by atoms with Crippen molar-refractivity contribution in [3.63, 3.8) is 0 Å². The summed E-state index contributed by atoms with van der Waals surface area (Å²) in [5.41, 5.74) is 2.37. The first-order valence-corrected chi connectivity index (χ1v) is 6.37. The first kappa shape index (κ1) is 13.6. The second-order valence-corrected chi connectivity index (χ2v) is 4.07. The summed E-state index contributed by atoms with van der Waals surface area (Å²) in [6.45, 7) is 1.38. The molecule has 0 bridgehead atoms. The molecule has 0 aromatic heterocycles. The predicted octanol–water partition coefficient (Wildman–Crippen LogP) is 2.74. The summed E-state index contributed by atoms with van der Waals surface area (Å²) in [5, 5.41) is 8.56. The Labute approximate surface area is 113 Å². The average molecular weight is 258 g/mol. The molecule has 2 aromatic carbocycles. The quantitative estimate of drug-likeness (QED) is 0.776. The number of ether oxygens (including phenoxy) is 2. The van der Waals surface area contributed by atoms with Crippen molar-refractivity contribution in [2.45, 2.75) is 0 Å². The van der Waals surface area contributed by atoms with Crippen molar-refractivity contribution in [2.75, 3.05) is 26.4 Å². The monoisotopic (exact) mass is 258 g/mol. The lowest BCUT2D eigenvalue weighted by Crippen LogP contribution is -2.08. The van der Waals surface area contributed by atoms with Crippen LogP contribution in [0.5, 0.6) is 5.75 Å². The van der Waals surface area contributed by atoms with E-state index in [1.165, 1.54) is 11.1 Å². The van der Waals surface area contributed by atoms with Gasteiger partial charge in [0.05, 0.1) is 19.8 Å². The standard InChI is InChI=1S/C16H18O3/c17-10-11-18-12-13-19-16-8-6-15(7-9-16)14-4-2-1-3-5-14/h1-9,17H,10-13H2. The zero-order chi connectivity index (χ0) is 13.3. The highest BCUT2D eigenvalue weighted by atomic mass is 16.5. The van der Waals surface area contributed by atoms with Gasteiger partial charge in [-0.2, -0.15) is 0 Å². The lowest BCUT2D eigenvalue weighted by molar-refractivity contribution is 0.0705. The van der Waals surface area contributed by atoms with Crippen LogP contribution in [0.1, 0.15) is 0 Å². The summed E-state index contributed by atoms with van der Waals surface area (Å²) in [4.78, 5) is 0. The van der Waals surface area contributed by atoms with Gasteiger partial charge in [0.2, 0.25) is 0 Å². The molecule has 0 saturated carbocycles. The van der Waals surface area contributed by atoms with Crippen molar-refractivity contribution in [3.8, 4) is 16.9 Å². The molecule has 0 unspecified atom stereocenters. The number of rotatable bonds is 7. The fraction of sp³-hybridized carbons (Fsp3) is 0.250. The van der Waals surface area contributed by atoms with E-state index >= 15 is 0 Å². The molecule has 0 atom stereocenters. The zero-order valence-corrected chi connectivity index (χ0v) is 10.8. The van der Waals surface area contributed by atoms with Crippen molar-refractivity contribution in [2.24, 2.45) is 0 Å². The van der Waals surface area contributed by atoms with E-state index < -0.39 is 0 Å². The van der Waals surface area contributed by atoms with Crippen LogP contribution in [-0.2, 0) is 4.74 Å². The van der Waals surface area contributed by atoms with E-state index in [2.05, 4.69) is 12.1 Å². The van der Waals surface area contributed by atoms with Crippen LogP contribution in [0.25, 0.3) is 11.1 Å². The van der Waals surface area contributed by atoms with E-state index in [1.807, 2.05) is 42.5 Å². The van der Waals surface area contributed by atoms with E-state index in [-0.39, 0.29) is 6.61 Å². The summed E-state index contributed by atoms with van der Waals surface area (Å²) in [6.07, 6.45) is 0. The second kappa shape index (κ2) is 7.56. The van der Waals surface area contributed by atoms with Gasteiger partial charge in [0, 0.05) is 0 Å². The molecule has 1 N–H and O–H groups in total. The van der Waals surface area contributed by atoms with Gasteiger partial charge in [-0.15, -0.1) is 0 Å². The molecular formula is C16H18O3. The Morgan fingerprint density at radius 1 is 0.737 bits per heavy atom. The van der Waals surface area contributed by atoms with Crippen LogP contribution in [0.4, 0.5) is 0 Å². The molecule has 2 rings (SSSR count). The van der Waals surface area contributed by atoms with Gasteiger partial charge >= 0.3 is 0 Å². The van der Waals surface area contributed by atoms with Gasteiger partial charge in [-0.1, -0.05) is 42.5 Å². The molecule has 19 heavy (non-hydrogen) atoms. The molecule has 0 amide bonds. The van der Waals surface area contributed by atoms with Crippen LogP contribution < -0.4 is 4.74 Å². The lowest BCUT2D eigenvalue weighted by atomic mass is 10.1. The predicted molar refractivity (Wildman–Crippen MR) is 75.3 cm³/mol. The van der Waals surface area contributed by atoms with E-state index in [4.69, 9.17) is 14.6 Å². The number of aliphatic hydroxyl groups excluding tert-OH is 1. The molecule has 0 aliphatic heterocycles. The Kier molecular flexibility index (Phi) is 5.41. The first-order chi connectivity index (χ1) is 9.40. The maximum atomic E-state index is 8.56. The van der Waals surface area contributed by atoms with Crippen LogP contribution in [0.2, 0.25) is 0 Å². The molecule has 0 heterocycles. The van der Waals surface area contributed by atoms with Crippen LogP contribution in [0, 0.1) is 0 Å². The van der Waals surface area contributed by atoms with Gasteiger partial charge < -0.3 is 14.6 Å². The molecule has 0 aliphatic carbocycles. The third-order valence-corrected chi connectivity index (χ3v) is 2.69.